The number of aromatic nitrogens is 3. The van der Waals surface area contributed by atoms with Crippen molar-refractivity contribution >= 4 is 23.4 Å². The summed E-state index contributed by atoms with van der Waals surface area (Å²) in [6.45, 7) is 8.95. The number of carbonyl (C=O) groups excluding carboxylic acids is 1. The highest BCUT2D eigenvalue weighted by molar-refractivity contribution is 7.99. The number of rotatable bonds is 10. The van der Waals surface area contributed by atoms with E-state index in [1.54, 1.807) is 7.11 Å². The molecule has 7 nitrogen and oxygen atoms in total. The van der Waals surface area contributed by atoms with E-state index in [4.69, 9.17) is 9.47 Å². The molecule has 1 N–H and O–H groups in total. The van der Waals surface area contributed by atoms with Crippen molar-refractivity contribution < 1.29 is 14.3 Å². The number of nitrogens with one attached hydrogen (secondary N) is 1. The van der Waals surface area contributed by atoms with E-state index in [0.29, 0.717) is 11.1 Å². The highest BCUT2D eigenvalue weighted by Crippen LogP contribution is 2.27. The van der Waals surface area contributed by atoms with E-state index >= 15 is 0 Å². The first-order valence-electron chi connectivity index (χ1n) is 10.6. The number of ether oxygens (including phenoxy) is 2. The molecule has 1 unspecified atom stereocenters. The smallest absolute Gasteiger partial charge is 0.234 e. The maximum absolute atomic E-state index is 12.4. The van der Waals surface area contributed by atoms with Crippen LogP contribution in [0, 0.1) is 12.8 Å². The van der Waals surface area contributed by atoms with Crippen LogP contribution < -0.4 is 14.8 Å². The van der Waals surface area contributed by atoms with Crippen molar-refractivity contribution in [1.82, 2.24) is 14.8 Å². The number of nitrogens with zero attached hydrogens (tertiary/aromatic N) is 3. The molecule has 0 radical (unpaired) electrons. The van der Waals surface area contributed by atoms with Crippen LogP contribution in [0.15, 0.2) is 53.7 Å². The highest BCUT2D eigenvalue weighted by atomic mass is 32.2. The third kappa shape index (κ3) is 6.50. The average Bonchev–Trinajstić information content (AvgIpc) is 3.14. The van der Waals surface area contributed by atoms with Crippen molar-refractivity contribution in [3.8, 4) is 11.5 Å². The summed E-state index contributed by atoms with van der Waals surface area (Å²) < 4.78 is 13.3. The van der Waals surface area contributed by atoms with Gasteiger partial charge in [0.25, 0.3) is 0 Å². The summed E-state index contributed by atoms with van der Waals surface area (Å²) >= 11 is 1.38. The fourth-order valence-corrected chi connectivity index (χ4v) is 3.96. The summed E-state index contributed by atoms with van der Waals surface area (Å²) in [6, 6.07) is 15.2. The van der Waals surface area contributed by atoms with E-state index in [-0.39, 0.29) is 17.8 Å². The molecule has 0 fully saturated rings. The van der Waals surface area contributed by atoms with Crippen molar-refractivity contribution in [1.29, 1.82) is 0 Å². The zero-order chi connectivity index (χ0) is 23.1. The molecule has 0 aliphatic heterocycles. The highest BCUT2D eigenvalue weighted by Gasteiger charge is 2.21. The molecule has 0 spiro atoms. The molecule has 1 heterocycles. The summed E-state index contributed by atoms with van der Waals surface area (Å²) in [7, 11) is 1.63. The first kappa shape index (κ1) is 23.7. The lowest BCUT2D eigenvalue weighted by molar-refractivity contribution is -0.113. The number of thioether (sulfide) groups is 1. The summed E-state index contributed by atoms with van der Waals surface area (Å²) in [5.41, 5.74) is 1.89. The molecule has 3 rings (SSSR count). The number of methoxy groups -OCH3 is 1. The fraction of sp³-hybridized carbons (Fsp3) is 0.375. The molecule has 32 heavy (non-hydrogen) atoms. The molecule has 1 amide bonds. The molecule has 0 saturated heterocycles. The third-order valence-electron chi connectivity index (χ3n) is 4.66. The Morgan fingerprint density at radius 2 is 1.81 bits per heavy atom. The maximum Gasteiger partial charge on any atom is 0.234 e. The summed E-state index contributed by atoms with van der Waals surface area (Å²) in [5.74, 6) is 2.79. The quantitative estimate of drug-likeness (QED) is 0.428. The lowest BCUT2D eigenvalue weighted by atomic mass is 10.2. The Morgan fingerprint density at radius 1 is 1.09 bits per heavy atom. The zero-order valence-electron chi connectivity index (χ0n) is 19.2. The molecule has 2 aromatic carbocycles. The Labute approximate surface area is 193 Å². The molecular formula is C24H30N4O3S. The monoisotopic (exact) mass is 454 g/mol. The van der Waals surface area contributed by atoms with Gasteiger partial charge in [-0.3, -0.25) is 4.79 Å². The number of hydrogen-bond acceptors (Lipinski definition) is 6. The van der Waals surface area contributed by atoms with E-state index in [9.17, 15) is 4.79 Å². The second-order valence-corrected chi connectivity index (χ2v) is 8.93. The van der Waals surface area contributed by atoms with Gasteiger partial charge in [0.15, 0.2) is 17.1 Å². The Kier molecular flexibility index (Phi) is 8.16. The van der Waals surface area contributed by atoms with Crippen molar-refractivity contribution in [3.05, 3.63) is 59.9 Å². The van der Waals surface area contributed by atoms with Crippen LogP contribution in [0.25, 0.3) is 0 Å². The minimum atomic E-state index is -0.301. The van der Waals surface area contributed by atoms with Gasteiger partial charge >= 0.3 is 0 Å². The van der Waals surface area contributed by atoms with Gasteiger partial charge in [-0.15, -0.1) is 10.2 Å². The molecule has 0 aliphatic carbocycles. The van der Waals surface area contributed by atoms with Gasteiger partial charge in [0.2, 0.25) is 5.91 Å². The SMILES string of the molecule is COc1ccc(OC(C)c2nnc(SCC(=O)Nc3cccc(C)c3)n2CC(C)C)cc1. The minimum Gasteiger partial charge on any atom is -0.497 e. The van der Waals surface area contributed by atoms with E-state index in [0.717, 1.165) is 35.1 Å². The maximum atomic E-state index is 12.4. The van der Waals surface area contributed by atoms with Crippen LogP contribution in [0.1, 0.15) is 38.3 Å². The molecule has 3 aromatic rings. The van der Waals surface area contributed by atoms with Gasteiger partial charge in [0.05, 0.1) is 12.9 Å². The van der Waals surface area contributed by atoms with E-state index < -0.39 is 0 Å². The van der Waals surface area contributed by atoms with E-state index in [2.05, 4.69) is 29.4 Å². The minimum absolute atomic E-state index is 0.0798. The van der Waals surface area contributed by atoms with Crippen molar-refractivity contribution in [2.45, 2.75) is 45.5 Å². The standard InChI is InChI=1S/C24H30N4O3S/c1-16(2)14-28-23(18(4)31-21-11-9-20(30-5)10-12-21)26-27-24(28)32-15-22(29)25-19-8-6-7-17(3)13-19/h6-13,16,18H,14-15H2,1-5H3,(H,25,29). The summed E-state index contributed by atoms with van der Waals surface area (Å²) in [4.78, 5) is 12.4. The Hall–Kier alpha value is -3.00. The van der Waals surface area contributed by atoms with Gasteiger partial charge in [-0.1, -0.05) is 37.7 Å². The number of benzene rings is 2. The number of anilines is 1. The van der Waals surface area contributed by atoms with Crippen LogP contribution in [-0.4, -0.2) is 33.5 Å². The predicted octanol–water partition coefficient (Wildman–Crippen LogP) is 5.12. The van der Waals surface area contributed by atoms with Gasteiger partial charge in [0, 0.05) is 12.2 Å². The summed E-state index contributed by atoms with van der Waals surface area (Å²) in [6.07, 6.45) is -0.301. The normalized spacial score (nSPS) is 11.9. The largest absolute Gasteiger partial charge is 0.497 e. The molecule has 170 valence electrons. The van der Waals surface area contributed by atoms with Crippen LogP contribution in [-0.2, 0) is 11.3 Å². The van der Waals surface area contributed by atoms with Crippen LogP contribution in [0.5, 0.6) is 11.5 Å². The predicted molar refractivity (Wildman–Crippen MR) is 127 cm³/mol. The Morgan fingerprint density at radius 3 is 2.47 bits per heavy atom. The molecule has 1 aromatic heterocycles. The molecule has 8 heteroatoms. The van der Waals surface area contributed by atoms with Gasteiger partial charge in [-0.05, 0) is 61.7 Å². The van der Waals surface area contributed by atoms with Crippen molar-refractivity contribution in [2.24, 2.45) is 5.92 Å². The lowest BCUT2D eigenvalue weighted by Crippen LogP contribution is -2.17. The van der Waals surface area contributed by atoms with Gasteiger partial charge in [-0.2, -0.15) is 0 Å². The first-order valence-corrected chi connectivity index (χ1v) is 11.6. The first-order chi connectivity index (χ1) is 15.4. The summed E-state index contributed by atoms with van der Waals surface area (Å²) in [5, 5.41) is 12.4. The van der Waals surface area contributed by atoms with Crippen LogP contribution in [0.2, 0.25) is 0 Å². The topological polar surface area (TPSA) is 78.3 Å². The Bertz CT molecular complexity index is 1030. The van der Waals surface area contributed by atoms with Crippen molar-refractivity contribution in [2.75, 3.05) is 18.2 Å². The molecule has 0 aliphatic rings. The molecule has 0 saturated carbocycles. The second kappa shape index (κ2) is 11.0. The van der Waals surface area contributed by atoms with Crippen LogP contribution in [0.4, 0.5) is 5.69 Å². The van der Waals surface area contributed by atoms with Gasteiger partial charge in [0.1, 0.15) is 11.5 Å². The molecule has 1 atom stereocenters. The Balaban J connectivity index is 1.68. The average molecular weight is 455 g/mol. The number of carbonyl (C=O) groups is 1. The number of hydrogen-bond donors (Lipinski definition) is 1. The fourth-order valence-electron chi connectivity index (χ4n) is 3.21. The zero-order valence-corrected chi connectivity index (χ0v) is 20.0. The van der Waals surface area contributed by atoms with Crippen LogP contribution in [0.3, 0.4) is 0 Å². The van der Waals surface area contributed by atoms with E-state index in [1.807, 2.05) is 66.9 Å². The van der Waals surface area contributed by atoms with Crippen molar-refractivity contribution in [3.63, 3.8) is 0 Å². The lowest BCUT2D eigenvalue weighted by Gasteiger charge is -2.18. The third-order valence-corrected chi connectivity index (χ3v) is 5.63. The number of aryl methyl sites for hydroxylation is 1. The van der Waals surface area contributed by atoms with Crippen LogP contribution >= 0.6 is 11.8 Å². The van der Waals surface area contributed by atoms with Gasteiger partial charge < -0.3 is 19.4 Å². The van der Waals surface area contributed by atoms with Gasteiger partial charge in [-0.25, -0.2) is 0 Å². The number of amides is 1. The molecular weight excluding hydrogens is 424 g/mol. The molecule has 0 bridgehead atoms. The van der Waals surface area contributed by atoms with E-state index in [1.165, 1.54) is 11.8 Å². The second-order valence-electron chi connectivity index (χ2n) is 7.99.